The standard InChI is InChI=1S/C17H15N5O2S/c1-22-11-15(16(20-22)12-7-3-2-4-8-12)25(23,24)21-17-18-13-9-5-6-10-14(13)19-17/h2-11H,1H3,(H2,18,19,21). The molecule has 4 rings (SSSR count). The van der Waals surface area contributed by atoms with Crippen LogP contribution < -0.4 is 4.72 Å². The lowest BCUT2D eigenvalue weighted by molar-refractivity contribution is 0.601. The van der Waals surface area contributed by atoms with E-state index in [2.05, 4.69) is 19.8 Å². The molecule has 0 fully saturated rings. The number of rotatable bonds is 4. The minimum absolute atomic E-state index is 0.0988. The van der Waals surface area contributed by atoms with Gasteiger partial charge in [0.25, 0.3) is 10.0 Å². The van der Waals surface area contributed by atoms with E-state index in [0.29, 0.717) is 11.2 Å². The zero-order chi connectivity index (χ0) is 17.4. The van der Waals surface area contributed by atoms with Gasteiger partial charge in [-0.2, -0.15) is 5.10 Å². The smallest absolute Gasteiger partial charge is 0.267 e. The fourth-order valence-corrected chi connectivity index (χ4v) is 3.81. The van der Waals surface area contributed by atoms with Crippen LogP contribution in [0, 0.1) is 0 Å². The summed E-state index contributed by atoms with van der Waals surface area (Å²) in [5.74, 6) is 0.170. The number of sulfonamides is 1. The number of para-hydroxylation sites is 2. The zero-order valence-corrected chi connectivity index (χ0v) is 14.2. The number of aromatic amines is 1. The molecular formula is C17H15N5O2S. The molecular weight excluding hydrogens is 338 g/mol. The number of anilines is 1. The van der Waals surface area contributed by atoms with Crippen molar-refractivity contribution in [2.45, 2.75) is 4.90 Å². The van der Waals surface area contributed by atoms with Gasteiger partial charge in [-0.1, -0.05) is 42.5 Å². The van der Waals surface area contributed by atoms with Gasteiger partial charge in [-0.15, -0.1) is 0 Å². The molecule has 0 bridgehead atoms. The first-order valence-electron chi connectivity index (χ1n) is 7.59. The third-order valence-electron chi connectivity index (χ3n) is 3.75. The Hall–Kier alpha value is -3.13. The van der Waals surface area contributed by atoms with E-state index in [1.807, 2.05) is 54.6 Å². The van der Waals surface area contributed by atoms with Crippen LogP contribution in [0.4, 0.5) is 5.95 Å². The number of benzene rings is 2. The molecule has 0 atom stereocenters. The number of hydrogen-bond acceptors (Lipinski definition) is 4. The normalized spacial score (nSPS) is 11.7. The maximum absolute atomic E-state index is 12.9. The Labute approximate surface area is 144 Å². The Morgan fingerprint density at radius 2 is 1.76 bits per heavy atom. The van der Waals surface area contributed by atoms with Crippen LogP contribution in [-0.4, -0.2) is 28.2 Å². The summed E-state index contributed by atoms with van der Waals surface area (Å²) in [5, 5.41) is 4.30. The van der Waals surface area contributed by atoms with Crippen molar-refractivity contribution < 1.29 is 8.42 Å². The number of nitrogens with one attached hydrogen (secondary N) is 2. The quantitative estimate of drug-likeness (QED) is 0.590. The fourth-order valence-electron chi connectivity index (χ4n) is 2.64. The number of aryl methyl sites for hydroxylation is 1. The number of H-pyrrole nitrogens is 1. The maximum Gasteiger partial charge on any atom is 0.267 e. The lowest BCUT2D eigenvalue weighted by Crippen LogP contribution is -2.14. The molecule has 2 aromatic heterocycles. The fraction of sp³-hybridized carbons (Fsp3) is 0.0588. The van der Waals surface area contributed by atoms with Gasteiger partial charge in [0.05, 0.1) is 11.0 Å². The lowest BCUT2D eigenvalue weighted by atomic mass is 10.2. The van der Waals surface area contributed by atoms with Crippen molar-refractivity contribution in [2.24, 2.45) is 7.05 Å². The molecule has 2 aromatic carbocycles. The largest absolute Gasteiger partial charge is 0.323 e. The van der Waals surface area contributed by atoms with Crippen molar-refractivity contribution in [3.63, 3.8) is 0 Å². The summed E-state index contributed by atoms with van der Waals surface area (Å²) in [7, 11) is -2.16. The second-order valence-corrected chi connectivity index (χ2v) is 7.24. The summed E-state index contributed by atoms with van der Waals surface area (Å²) < 4.78 is 29.7. The highest BCUT2D eigenvalue weighted by molar-refractivity contribution is 7.92. The summed E-state index contributed by atoms with van der Waals surface area (Å²) >= 11 is 0. The topological polar surface area (TPSA) is 92.7 Å². The molecule has 2 heterocycles. The molecule has 0 aliphatic rings. The number of aromatic nitrogens is 4. The third-order valence-corrected chi connectivity index (χ3v) is 5.09. The molecule has 0 unspecified atom stereocenters. The molecule has 0 saturated carbocycles. The van der Waals surface area contributed by atoms with Gasteiger partial charge >= 0.3 is 0 Å². The van der Waals surface area contributed by atoms with Crippen LogP contribution in [-0.2, 0) is 17.1 Å². The van der Waals surface area contributed by atoms with E-state index in [1.165, 1.54) is 10.9 Å². The second kappa shape index (κ2) is 5.75. The van der Waals surface area contributed by atoms with Crippen LogP contribution in [0.3, 0.4) is 0 Å². The van der Waals surface area contributed by atoms with E-state index < -0.39 is 10.0 Å². The number of fused-ring (bicyclic) bond motifs is 1. The molecule has 8 heteroatoms. The summed E-state index contributed by atoms with van der Waals surface area (Å²) in [6.45, 7) is 0. The molecule has 0 spiro atoms. The first-order chi connectivity index (χ1) is 12.0. The molecule has 0 aliphatic carbocycles. The Kier molecular flexibility index (Phi) is 3.54. The average molecular weight is 353 g/mol. The third kappa shape index (κ3) is 2.87. The molecule has 0 amide bonds. The molecule has 2 N–H and O–H groups in total. The lowest BCUT2D eigenvalue weighted by Gasteiger charge is -2.05. The Balaban J connectivity index is 1.76. The Bertz CT molecular complexity index is 1110. The molecule has 0 saturated heterocycles. The second-order valence-electron chi connectivity index (χ2n) is 5.59. The van der Waals surface area contributed by atoms with Gasteiger partial charge in [-0.3, -0.25) is 4.68 Å². The molecule has 7 nitrogen and oxygen atoms in total. The Morgan fingerprint density at radius 3 is 2.52 bits per heavy atom. The van der Waals surface area contributed by atoms with Crippen molar-refractivity contribution >= 4 is 27.0 Å². The van der Waals surface area contributed by atoms with Gasteiger partial charge in [-0.25, -0.2) is 18.1 Å². The first kappa shape index (κ1) is 15.4. The van der Waals surface area contributed by atoms with Gasteiger partial charge in [0.15, 0.2) is 0 Å². The van der Waals surface area contributed by atoms with Gasteiger partial charge in [0, 0.05) is 18.8 Å². The van der Waals surface area contributed by atoms with E-state index in [0.717, 1.165) is 11.1 Å². The minimum atomic E-state index is -3.85. The molecule has 126 valence electrons. The van der Waals surface area contributed by atoms with Crippen LogP contribution in [0.2, 0.25) is 0 Å². The summed E-state index contributed by atoms with van der Waals surface area (Å²) in [6, 6.07) is 16.5. The highest BCUT2D eigenvalue weighted by atomic mass is 32.2. The van der Waals surface area contributed by atoms with Gasteiger partial charge in [0.2, 0.25) is 5.95 Å². The predicted molar refractivity (Wildman–Crippen MR) is 95.5 cm³/mol. The van der Waals surface area contributed by atoms with Crippen molar-refractivity contribution in [1.82, 2.24) is 19.7 Å². The number of imidazole rings is 1. The molecule has 0 radical (unpaired) electrons. The molecule has 0 aliphatic heterocycles. The van der Waals surface area contributed by atoms with Gasteiger partial charge < -0.3 is 4.98 Å². The van der Waals surface area contributed by atoms with Crippen LogP contribution in [0.1, 0.15) is 0 Å². The van der Waals surface area contributed by atoms with Crippen molar-refractivity contribution in [3.8, 4) is 11.3 Å². The highest BCUT2D eigenvalue weighted by Gasteiger charge is 2.24. The monoisotopic (exact) mass is 353 g/mol. The van der Waals surface area contributed by atoms with Crippen molar-refractivity contribution in [2.75, 3.05) is 4.72 Å². The summed E-state index contributed by atoms with van der Waals surface area (Å²) in [6.07, 6.45) is 1.48. The maximum atomic E-state index is 12.9. The van der Waals surface area contributed by atoms with Crippen LogP contribution >= 0.6 is 0 Å². The van der Waals surface area contributed by atoms with Gasteiger partial charge in [-0.05, 0) is 12.1 Å². The first-order valence-corrected chi connectivity index (χ1v) is 9.08. The van der Waals surface area contributed by atoms with Crippen molar-refractivity contribution in [3.05, 3.63) is 60.8 Å². The Morgan fingerprint density at radius 1 is 1.04 bits per heavy atom. The van der Waals surface area contributed by atoms with E-state index >= 15 is 0 Å². The van der Waals surface area contributed by atoms with E-state index in [-0.39, 0.29) is 10.8 Å². The van der Waals surface area contributed by atoms with E-state index in [9.17, 15) is 8.42 Å². The zero-order valence-electron chi connectivity index (χ0n) is 13.3. The van der Waals surface area contributed by atoms with Crippen LogP contribution in [0.15, 0.2) is 65.7 Å². The van der Waals surface area contributed by atoms with Gasteiger partial charge in [0.1, 0.15) is 10.6 Å². The minimum Gasteiger partial charge on any atom is -0.323 e. The van der Waals surface area contributed by atoms with Crippen LogP contribution in [0.5, 0.6) is 0 Å². The van der Waals surface area contributed by atoms with Crippen molar-refractivity contribution in [1.29, 1.82) is 0 Å². The van der Waals surface area contributed by atoms with E-state index in [1.54, 1.807) is 7.05 Å². The SMILES string of the molecule is Cn1cc(S(=O)(=O)Nc2nc3ccccc3[nH]2)c(-c2ccccc2)n1. The molecule has 4 aromatic rings. The molecule has 25 heavy (non-hydrogen) atoms. The summed E-state index contributed by atoms with van der Waals surface area (Å²) in [4.78, 5) is 7.32. The van der Waals surface area contributed by atoms with Crippen LogP contribution in [0.25, 0.3) is 22.3 Å². The van der Waals surface area contributed by atoms with E-state index in [4.69, 9.17) is 0 Å². The summed E-state index contributed by atoms with van der Waals surface area (Å²) in [5.41, 5.74) is 2.57. The predicted octanol–water partition coefficient (Wildman–Crippen LogP) is 2.76. The number of hydrogen-bond donors (Lipinski definition) is 2. The average Bonchev–Trinajstić information content (AvgIpc) is 3.18. The number of nitrogens with zero attached hydrogens (tertiary/aromatic N) is 3. The highest BCUT2D eigenvalue weighted by Crippen LogP contribution is 2.27.